The second-order valence-corrected chi connectivity index (χ2v) is 11.4. The van der Waals surface area contributed by atoms with Gasteiger partial charge in [-0.15, -0.1) is 0 Å². The normalized spacial score (nSPS) is 14.5. The molecule has 0 fully saturated rings. The molecule has 0 spiro atoms. The molecule has 39 heavy (non-hydrogen) atoms. The van der Waals surface area contributed by atoms with Gasteiger partial charge in [0.05, 0.1) is 0 Å². The Bertz CT molecular complexity index is 1060. The van der Waals surface area contributed by atoms with Crippen molar-refractivity contribution in [1.82, 2.24) is 15.5 Å². The van der Waals surface area contributed by atoms with Crippen molar-refractivity contribution in [2.45, 2.75) is 111 Å². The number of aryl methyl sites for hydroxylation is 1. The largest absolute Gasteiger partial charge is 0.444 e. The zero-order valence-electron chi connectivity index (χ0n) is 24.9. The number of carbonyl (C=O) groups is 3. The lowest BCUT2D eigenvalue weighted by Crippen LogP contribution is -2.56. The number of hydrogen-bond acceptors (Lipinski definition) is 4. The Balaban J connectivity index is 2.56. The molecule has 3 amide bonds. The van der Waals surface area contributed by atoms with E-state index in [0.29, 0.717) is 6.42 Å². The molecule has 2 aromatic carbocycles. The second-order valence-electron chi connectivity index (χ2n) is 11.4. The SMILES string of the molecule is CCCC(C)NC(=O)C(c1ccc(C)cc1)N(C(=O)C(Cc1ccccc1)NC(=O)OC(C)(C)C)C(C)CC. The minimum Gasteiger partial charge on any atom is -0.444 e. The van der Waals surface area contributed by atoms with Crippen LogP contribution in [0.15, 0.2) is 54.6 Å². The van der Waals surface area contributed by atoms with Gasteiger partial charge in [-0.3, -0.25) is 9.59 Å². The van der Waals surface area contributed by atoms with Crippen LogP contribution in [0.5, 0.6) is 0 Å². The zero-order valence-corrected chi connectivity index (χ0v) is 24.9. The highest BCUT2D eigenvalue weighted by molar-refractivity contribution is 5.92. The Morgan fingerprint density at radius 2 is 1.54 bits per heavy atom. The first-order chi connectivity index (χ1) is 18.4. The molecule has 7 heteroatoms. The fraction of sp³-hybridized carbons (Fsp3) is 0.531. The van der Waals surface area contributed by atoms with Crippen molar-refractivity contribution in [1.29, 1.82) is 0 Å². The molecule has 4 atom stereocenters. The summed E-state index contributed by atoms with van der Waals surface area (Å²) in [5.41, 5.74) is 1.96. The Morgan fingerprint density at radius 3 is 2.08 bits per heavy atom. The highest BCUT2D eigenvalue weighted by Crippen LogP contribution is 2.27. The van der Waals surface area contributed by atoms with E-state index >= 15 is 0 Å². The quantitative estimate of drug-likeness (QED) is 0.342. The summed E-state index contributed by atoms with van der Waals surface area (Å²) in [6.45, 7) is 15.3. The lowest BCUT2D eigenvalue weighted by Gasteiger charge is -2.38. The van der Waals surface area contributed by atoms with Crippen molar-refractivity contribution in [3.8, 4) is 0 Å². The van der Waals surface area contributed by atoms with Crippen LogP contribution in [0, 0.1) is 6.92 Å². The van der Waals surface area contributed by atoms with E-state index in [9.17, 15) is 14.4 Å². The maximum Gasteiger partial charge on any atom is 0.408 e. The summed E-state index contributed by atoms with van der Waals surface area (Å²) in [6.07, 6.45) is 2.00. The number of ether oxygens (including phenoxy) is 1. The van der Waals surface area contributed by atoms with Crippen molar-refractivity contribution in [2.75, 3.05) is 0 Å². The van der Waals surface area contributed by atoms with E-state index in [-0.39, 0.29) is 30.3 Å². The number of hydrogen-bond donors (Lipinski definition) is 2. The van der Waals surface area contributed by atoms with Crippen LogP contribution in [0.2, 0.25) is 0 Å². The van der Waals surface area contributed by atoms with Crippen molar-refractivity contribution < 1.29 is 19.1 Å². The van der Waals surface area contributed by atoms with E-state index in [2.05, 4.69) is 17.6 Å². The summed E-state index contributed by atoms with van der Waals surface area (Å²) in [5, 5.41) is 5.94. The molecule has 0 bridgehead atoms. The van der Waals surface area contributed by atoms with Gasteiger partial charge < -0.3 is 20.3 Å². The number of amides is 3. The second kappa shape index (κ2) is 14.7. The summed E-state index contributed by atoms with van der Waals surface area (Å²) < 4.78 is 5.51. The van der Waals surface area contributed by atoms with E-state index in [1.54, 1.807) is 25.7 Å². The molecule has 2 aromatic rings. The predicted octanol–water partition coefficient (Wildman–Crippen LogP) is 6.10. The lowest BCUT2D eigenvalue weighted by atomic mass is 9.97. The Labute approximate surface area is 234 Å². The maximum atomic E-state index is 14.4. The van der Waals surface area contributed by atoms with Gasteiger partial charge in [0.25, 0.3) is 0 Å². The first-order valence-corrected chi connectivity index (χ1v) is 14.1. The van der Waals surface area contributed by atoms with Crippen LogP contribution >= 0.6 is 0 Å². The van der Waals surface area contributed by atoms with Gasteiger partial charge >= 0.3 is 6.09 Å². The van der Waals surface area contributed by atoms with Crippen LogP contribution < -0.4 is 10.6 Å². The summed E-state index contributed by atoms with van der Waals surface area (Å²) in [6, 6.07) is 15.2. The third-order valence-corrected chi connectivity index (χ3v) is 6.62. The fourth-order valence-electron chi connectivity index (χ4n) is 4.49. The van der Waals surface area contributed by atoms with Crippen molar-refractivity contribution in [2.24, 2.45) is 0 Å². The number of benzene rings is 2. The van der Waals surface area contributed by atoms with Gasteiger partial charge in [0.15, 0.2) is 0 Å². The fourth-order valence-corrected chi connectivity index (χ4v) is 4.49. The van der Waals surface area contributed by atoms with Gasteiger partial charge in [0.2, 0.25) is 11.8 Å². The smallest absolute Gasteiger partial charge is 0.408 e. The van der Waals surface area contributed by atoms with Crippen LogP contribution in [0.3, 0.4) is 0 Å². The van der Waals surface area contributed by atoms with Crippen molar-refractivity contribution >= 4 is 17.9 Å². The molecular formula is C32H47N3O4. The topological polar surface area (TPSA) is 87.7 Å². The summed E-state index contributed by atoms with van der Waals surface area (Å²) in [7, 11) is 0. The molecule has 2 N–H and O–H groups in total. The van der Waals surface area contributed by atoms with Gasteiger partial charge in [0, 0.05) is 18.5 Å². The third-order valence-electron chi connectivity index (χ3n) is 6.62. The number of nitrogens with zero attached hydrogens (tertiary/aromatic N) is 1. The third kappa shape index (κ3) is 10.0. The monoisotopic (exact) mass is 537 g/mol. The minimum atomic E-state index is -0.926. The number of alkyl carbamates (subject to hydrolysis) is 1. The molecule has 0 aliphatic carbocycles. The van der Waals surface area contributed by atoms with Crippen LogP contribution in [0.1, 0.15) is 90.5 Å². The molecule has 4 unspecified atom stereocenters. The van der Waals surface area contributed by atoms with Gasteiger partial charge in [-0.05, 0) is 65.5 Å². The number of nitrogens with one attached hydrogen (secondary N) is 2. The van der Waals surface area contributed by atoms with Crippen LogP contribution in [-0.4, -0.2) is 46.5 Å². The van der Waals surface area contributed by atoms with Crippen LogP contribution in [0.4, 0.5) is 4.79 Å². The molecule has 0 heterocycles. The molecule has 0 saturated heterocycles. The van der Waals surface area contributed by atoms with Crippen LogP contribution in [0.25, 0.3) is 0 Å². The first kappa shape index (κ1) is 31.9. The Hall–Kier alpha value is -3.35. The minimum absolute atomic E-state index is 0.0377. The standard InChI is InChI=1S/C32H47N3O4/c1-9-14-23(4)33-29(36)28(26-19-17-22(3)18-20-26)35(24(5)10-2)30(37)27(21-25-15-12-11-13-16-25)34-31(38)39-32(6,7)8/h11-13,15-20,23-24,27-28H,9-10,14,21H2,1-8H3,(H,33,36)(H,34,38). The summed E-state index contributed by atoms with van der Waals surface area (Å²) >= 11 is 0. The Morgan fingerprint density at radius 1 is 0.923 bits per heavy atom. The average molecular weight is 538 g/mol. The van der Waals surface area contributed by atoms with Gasteiger partial charge in [0.1, 0.15) is 17.7 Å². The average Bonchev–Trinajstić information content (AvgIpc) is 2.86. The molecule has 214 valence electrons. The van der Waals surface area contributed by atoms with Crippen molar-refractivity contribution in [3.05, 3.63) is 71.3 Å². The molecule has 7 nitrogen and oxygen atoms in total. The van der Waals surface area contributed by atoms with Gasteiger partial charge in [-0.2, -0.15) is 0 Å². The van der Waals surface area contributed by atoms with E-state index < -0.39 is 23.8 Å². The highest BCUT2D eigenvalue weighted by Gasteiger charge is 2.38. The first-order valence-electron chi connectivity index (χ1n) is 14.1. The Kier molecular flexibility index (Phi) is 12.0. The molecule has 0 saturated carbocycles. The predicted molar refractivity (Wildman–Crippen MR) is 156 cm³/mol. The summed E-state index contributed by atoms with van der Waals surface area (Å²) in [5.74, 6) is -0.563. The van der Waals surface area contributed by atoms with E-state index in [1.165, 1.54) is 0 Å². The van der Waals surface area contributed by atoms with E-state index in [0.717, 1.165) is 29.5 Å². The highest BCUT2D eigenvalue weighted by atomic mass is 16.6. The molecule has 0 aromatic heterocycles. The molecular weight excluding hydrogens is 490 g/mol. The maximum absolute atomic E-state index is 14.4. The van der Waals surface area contributed by atoms with Crippen molar-refractivity contribution in [3.63, 3.8) is 0 Å². The molecule has 0 aliphatic rings. The summed E-state index contributed by atoms with van der Waals surface area (Å²) in [4.78, 5) is 42.8. The lowest BCUT2D eigenvalue weighted by molar-refractivity contribution is -0.145. The van der Waals surface area contributed by atoms with E-state index in [4.69, 9.17) is 4.74 Å². The molecule has 0 aliphatic heterocycles. The van der Waals surface area contributed by atoms with E-state index in [1.807, 2.05) is 82.3 Å². The van der Waals surface area contributed by atoms with Gasteiger partial charge in [-0.25, -0.2) is 4.79 Å². The van der Waals surface area contributed by atoms with Gasteiger partial charge in [-0.1, -0.05) is 80.4 Å². The number of carbonyl (C=O) groups excluding carboxylic acids is 3. The molecule has 0 radical (unpaired) electrons. The zero-order chi connectivity index (χ0) is 29.2. The molecule has 2 rings (SSSR count). The van der Waals surface area contributed by atoms with Crippen LogP contribution in [-0.2, 0) is 20.7 Å². The number of rotatable bonds is 12.